The van der Waals surface area contributed by atoms with E-state index in [2.05, 4.69) is 0 Å². The van der Waals surface area contributed by atoms with E-state index in [1.165, 1.54) is 6.08 Å². The van der Waals surface area contributed by atoms with Gasteiger partial charge in [0.2, 0.25) is 0 Å². The van der Waals surface area contributed by atoms with Crippen molar-refractivity contribution in [3.63, 3.8) is 0 Å². The molecule has 1 saturated heterocycles. The van der Waals surface area contributed by atoms with Gasteiger partial charge in [0.05, 0.1) is 11.6 Å². The van der Waals surface area contributed by atoms with Crippen LogP contribution in [0.5, 0.6) is 0 Å². The molecule has 1 fully saturated rings. The highest BCUT2D eigenvalue weighted by molar-refractivity contribution is 5.75. The Morgan fingerprint density at radius 1 is 1.12 bits per heavy atom. The van der Waals surface area contributed by atoms with Crippen LogP contribution in [0.3, 0.4) is 0 Å². The van der Waals surface area contributed by atoms with Crippen LogP contribution in [0.15, 0.2) is 12.1 Å². The molecule has 2 unspecified atom stereocenters. The first-order valence-electron chi connectivity index (χ1n) is 8.64. The molecule has 3 rings (SSSR count). The van der Waals surface area contributed by atoms with Gasteiger partial charge in [-0.25, -0.2) is 22.4 Å². The Kier molecular flexibility index (Phi) is 4.75. The number of halogens is 4. The van der Waals surface area contributed by atoms with Gasteiger partial charge in [0.1, 0.15) is 5.60 Å². The number of ether oxygens (including phenoxy) is 1. The highest BCUT2D eigenvalue weighted by Gasteiger charge is 2.40. The third kappa shape index (κ3) is 3.44. The molecule has 142 valence electrons. The van der Waals surface area contributed by atoms with Gasteiger partial charge in [0, 0.05) is 12.1 Å². The molecule has 7 heteroatoms. The van der Waals surface area contributed by atoms with Crippen LogP contribution in [0, 0.1) is 23.3 Å². The maximum absolute atomic E-state index is 14.2. The normalized spacial score (nSPS) is 22.9. The fraction of sp³-hybridized carbons (Fsp3) is 0.526. The number of benzene rings is 1. The molecule has 0 radical (unpaired) electrons. The minimum atomic E-state index is -1.43. The molecule has 1 amide bonds. The first-order valence-corrected chi connectivity index (χ1v) is 8.64. The van der Waals surface area contributed by atoms with Crippen molar-refractivity contribution in [1.82, 2.24) is 4.90 Å². The Hall–Kier alpha value is -2.05. The van der Waals surface area contributed by atoms with Gasteiger partial charge in [-0.2, -0.15) is 0 Å². The van der Waals surface area contributed by atoms with Gasteiger partial charge in [-0.3, -0.25) is 4.90 Å². The second-order valence-electron chi connectivity index (χ2n) is 7.78. The Morgan fingerprint density at radius 3 is 2.27 bits per heavy atom. The van der Waals surface area contributed by atoms with Crippen molar-refractivity contribution in [2.75, 3.05) is 0 Å². The second kappa shape index (κ2) is 6.59. The number of carbonyl (C=O) groups excluding carboxylic acids is 1. The van der Waals surface area contributed by atoms with Crippen molar-refractivity contribution in [3.8, 4) is 0 Å². The fourth-order valence-corrected chi connectivity index (χ4v) is 3.67. The topological polar surface area (TPSA) is 29.5 Å². The number of carbonyl (C=O) groups is 1. The van der Waals surface area contributed by atoms with Crippen molar-refractivity contribution in [3.05, 3.63) is 41.0 Å². The summed E-state index contributed by atoms with van der Waals surface area (Å²) in [6, 6.07) is -0.544. The molecular formula is C19H21F4NO2. The lowest BCUT2D eigenvalue weighted by Gasteiger charge is -2.45. The molecule has 0 saturated carbocycles. The number of hydrogen-bond donors (Lipinski definition) is 0. The highest BCUT2D eigenvalue weighted by Crippen LogP contribution is 2.40. The Labute approximate surface area is 149 Å². The molecule has 1 aromatic carbocycles. The number of amides is 1. The number of hydrogen-bond acceptors (Lipinski definition) is 2. The summed E-state index contributed by atoms with van der Waals surface area (Å²) in [6.07, 6.45) is 3.23. The first-order chi connectivity index (χ1) is 12.1. The van der Waals surface area contributed by atoms with Gasteiger partial charge in [-0.1, -0.05) is 6.08 Å². The van der Waals surface area contributed by atoms with E-state index in [-0.39, 0.29) is 24.1 Å². The molecule has 2 aliphatic heterocycles. The monoisotopic (exact) mass is 371 g/mol. The maximum Gasteiger partial charge on any atom is 0.411 e. The predicted molar refractivity (Wildman–Crippen MR) is 88.4 cm³/mol. The SMILES string of the molecule is CC(C)(C)OC(=O)N1C2C=C(c3c(F)c(F)cc(F)c3F)CC1CCC2. The van der Waals surface area contributed by atoms with Crippen LogP contribution in [0.25, 0.3) is 5.57 Å². The predicted octanol–water partition coefficient (Wildman–Crippen LogP) is 5.19. The zero-order valence-electron chi connectivity index (χ0n) is 14.9. The Balaban J connectivity index is 1.98. The highest BCUT2D eigenvalue weighted by atomic mass is 19.2. The van der Waals surface area contributed by atoms with E-state index in [4.69, 9.17) is 4.74 Å². The minimum absolute atomic E-state index is 0.118. The Bertz CT molecular complexity index is 744. The summed E-state index contributed by atoms with van der Waals surface area (Å²) in [6.45, 7) is 5.27. The van der Waals surface area contributed by atoms with E-state index in [0.717, 1.165) is 6.42 Å². The van der Waals surface area contributed by atoms with Gasteiger partial charge in [-0.15, -0.1) is 0 Å². The van der Waals surface area contributed by atoms with Crippen molar-refractivity contribution in [2.24, 2.45) is 0 Å². The average Bonchev–Trinajstić information content (AvgIpc) is 2.50. The van der Waals surface area contributed by atoms with E-state index >= 15 is 0 Å². The van der Waals surface area contributed by atoms with Crippen LogP contribution in [-0.2, 0) is 4.74 Å². The standard InChI is InChI=1S/C19H21F4NO2/c1-19(2,3)26-18(25)24-11-5-4-6-12(24)8-10(7-11)15-16(22)13(20)9-14(21)17(15)23/h7,9,11-12H,4-6,8H2,1-3H3. The summed E-state index contributed by atoms with van der Waals surface area (Å²) in [5, 5.41) is 0. The number of piperidine rings is 1. The smallest absolute Gasteiger partial charge is 0.411 e. The minimum Gasteiger partial charge on any atom is -0.444 e. The van der Waals surface area contributed by atoms with Gasteiger partial charge in [-0.05, 0) is 52.0 Å². The lowest BCUT2D eigenvalue weighted by Crippen LogP contribution is -2.53. The third-order valence-corrected chi connectivity index (χ3v) is 4.67. The summed E-state index contributed by atoms with van der Waals surface area (Å²) in [5.74, 6) is -5.67. The van der Waals surface area contributed by atoms with E-state index in [0.29, 0.717) is 12.8 Å². The molecule has 2 aliphatic rings. The van der Waals surface area contributed by atoms with E-state index in [1.54, 1.807) is 25.7 Å². The quantitative estimate of drug-likeness (QED) is 0.502. The van der Waals surface area contributed by atoms with E-state index in [9.17, 15) is 22.4 Å². The Morgan fingerprint density at radius 2 is 1.73 bits per heavy atom. The van der Waals surface area contributed by atoms with Gasteiger partial charge in [0.15, 0.2) is 23.3 Å². The van der Waals surface area contributed by atoms with E-state index < -0.39 is 46.6 Å². The molecule has 2 bridgehead atoms. The van der Waals surface area contributed by atoms with Crippen LogP contribution in [0.1, 0.15) is 52.0 Å². The largest absolute Gasteiger partial charge is 0.444 e. The van der Waals surface area contributed by atoms with Gasteiger partial charge < -0.3 is 4.74 Å². The molecular weight excluding hydrogens is 350 g/mol. The summed E-state index contributed by atoms with van der Waals surface area (Å²) in [7, 11) is 0. The van der Waals surface area contributed by atoms with Crippen molar-refractivity contribution < 1.29 is 27.1 Å². The molecule has 3 nitrogen and oxygen atoms in total. The number of nitrogens with zero attached hydrogens (tertiary/aromatic N) is 1. The number of rotatable bonds is 1. The van der Waals surface area contributed by atoms with Gasteiger partial charge in [0.25, 0.3) is 0 Å². The van der Waals surface area contributed by atoms with Crippen LogP contribution in [0.4, 0.5) is 22.4 Å². The van der Waals surface area contributed by atoms with Crippen LogP contribution >= 0.6 is 0 Å². The maximum atomic E-state index is 14.2. The zero-order valence-corrected chi connectivity index (χ0v) is 14.9. The lowest BCUT2D eigenvalue weighted by molar-refractivity contribution is 0.0000587. The summed E-state index contributed by atoms with van der Waals surface area (Å²) >= 11 is 0. The molecule has 1 aromatic rings. The molecule has 0 aliphatic carbocycles. The second-order valence-corrected chi connectivity index (χ2v) is 7.78. The van der Waals surface area contributed by atoms with E-state index in [1.807, 2.05) is 0 Å². The molecule has 0 N–H and O–H groups in total. The fourth-order valence-electron chi connectivity index (χ4n) is 3.67. The molecule has 2 heterocycles. The molecule has 2 atom stereocenters. The zero-order chi connectivity index (χ0) is 19.2. The van der Waals surface area contributed by atoms with Gasteiger partial charge >= 0.3 is 6.09 Å². The number of fused-ring (bicyclic) bond motifs is 2. The average molecular weight is 371 g/mol. The van der Waals surface area contributed by atoms with Crippen LogP contribution < -0.4 is 0 Å². The summed E-state index contributed by atoms with van der Waals surface area (Å²) in [4.78, 5) is 14.1. The lowest BCUT2D eigenvalue weighted by atomic mass is 9.82. The first kappa shape index (κ1) is 18.7. The molecule has 0 spiro atoms. The van der Waals surface area contributed by atoms with Crippen molar-refractivity contribution in [2.45, 2.75) is 64.1 Å². The summed E-state index contributed by atoms with van der Waals surface area (Å²) in [5.41, 5.74) is -1.16. The van der Waals surface area contributed by atoms with Crippen LogP contribution in [-0.4, -0.2) is 28.7 Å². The molecule has 0 aromatic heterocycles. The third-order valence-electron chi connectivity index (χ3n) is 4.67. The van der Waals surface area contributed by atoms with Crippen molar-refractivity contribution in [1.29, 1.82) is 0 Å². The van der Waals surface area contributed by atoms with Crippen LogP contribution in [0.2, 0.25) is 0 Å². The molecule has 26 heavy (non-hydrogen) atoms. The van der Waals surface area contributed by atoms with Crippen molar-refractivity contribution >= 4 is 11.7 Å². The summed E-state index contributed by atoms with van der Waals surface area (Å²) < 4.78 is 60.9.